The van der Waals surface area contributed by atoms with Crippen LogP contribution < -0.4 is 0 Å². The van der Waals surface area contributed by atoms with Crippen LogP contribution in [0.5, 0.6) is 0 Å². The van der Waals surface area contributed by atoms with Crippen molar-refractivity contribution in [2.24, 2.45) is 5.92 Å². The van der Waals surface area contributed by atoms with Gasteiger partial charge in [-0.2, -0.15) is 18.3 Å². The van der Waals surface area contributed by atoms with Crippen LogP contribution in [0.25, 0.3) is 0 Å². The number of fused-ring (bicyclic) bond motifs is 1. The van der Waals surface area contributed by atoms with E-state index in [1.54, 1.807) is 0 Å². The Labute approximate surface area is 148 Å². The molecule has 1 aliphatic heterocycles. The Hall–Kier alpha value is -2.36. The second-order valence-electron chi connectivity index (χ2n) is 6.53. The average Bonchev–Trinajstić information content (AvgIpc) is 3.07. The number of alkyl halides is 3. The van der Waals surface area contributed by atoms with Crippen LogP contribution in [0.1, 0.15) is 24.4 Å². The third-order valence-electron chi connectivity index (χ3n) is 4.27. The summed E-state index contributed by atoms with van der Waals surface area (Å²) >= 11 is 0. The van der Waals surface area contributed by atoms with Crippen LogP contribution in [0.4, 0.5) is 13.2 Å². The first-order valence-corrected chi connectivity index (χ1v) is 8.36. The topological polar surface area (TPSA) is 76.2 Å². The molecule has 4 rings (SSSR count). The van der Waals surface area contributed by atoms with Gasteiger partial charge < -0.3 is 9.67 Å². The number of hydrogen-bond acceptors (Lipinski definition) is 4. The van der Waals surface area contributed by atoms with Crippen LogP contribution in [0.2, 0.25) is 0 Å². The van der Waals surface area contributed by atoms with Crippen molar-refractivity contribution in [3.05, 3.63) is 36.2 Å². The maximum absolute atomic E-state index is 10.6. The maximum atomic E-state index is 10.6. The molecule has 2 aliphatic rings. The highest BCUT2D eigenvalue weighted by Gasteiger charge is 2.38. The molecule has 142 valence electrons. The zero-order chi connectivity index (χ0) is 18.7. The fourth-order valence-electron chi connectivity index (χ4n) is 2.82. The standard InChI is InChI=1S/C14H19N5.C2HF3O2/c1-4-15-19(5-1)10-13-9-18-7-6-17(8-12-2-3-12)11-14(18)16-13;3-2(4,5)1(6)7/h1,4-5,9,12H,2-3,6-8,10-11H2;(H,6,7). The van der Waals surface area contributed by atoms with E-state index < -0.39 is 12.1 Å². The summed E-state index contributed by atoms with van der Waals surface area (Å²) in [6.07, 6.45) is 3.75. The van der Waals surface area contributed by atoms with E-state index in [1.165, 1.54) is 31.8 Å². The lowest BCUT2D eigenvalue weighted by Crippen LogP contribution is -2.34. The van der Waals surface area contributed by atoms with Crippen LogP contribution in [0.3, 0.4) is 0 Å². The van der Waals surface area contributed by atoms with E-state index in [-0.39, 0.29) is 0 Å². The van der Waals surface area contributed by atoms with E-state index in [2.05, 4.69) is 20.8 Å². The Morgan fingerprint density at radius 3 is 2.62 bits per heavy atom. The van der Waals surface area contributed by atoms with Crippen molar-refractivity contribution >= 4 is 5.97 Å². The monoisotopic (exact) mass is 371 g/mol. The summed E-state index contributed by atoms with van der Waals surface area (Å²) in [7, 11) is 0. The van der Waals surface area contributed by atoms with Gasteiger partial charge in [0.05, 0.1) is 18.8 Å². The van der Waals surface area contributed by atoms with E-state index >= 15 is 0 Å². The smallest absolute Gasteiger partial charge is 0.475 e. The van der Waals surface area contributed by atoms with Crippen LogP contribution in [-0.4, -0.2) is 54.6 Å². The fourth-order valence-corrected chi connectivity index (χ4v) is 2.82. The van der Waals surface area contributed by atoms with Crippen molar-refractivity contribution in [3.8, 4) is 0 Å². The van der Waals surface area contributed by atoms with E-state index in [0.717, 1.165) is 31.2 Å². The van der Waals surface area contributed by atoms with Crippen LogP contribution in [0, 0.1) is 5.92 Å². The molecule has 0 bridgehead atoms. The molecule has 0 radical (unpaired) electrons. The number of carboxylic acid groups (broad SMARTS) is 1. The zero-order valence-corrected chi connectivity index (χ0v) is 14.1. The van der Waals surface area contributed by atoms with Crippen molar-refractivity contribution < 1.29 is 23.1 Å². The Morgan fingerprint density at radius 1 is 1.31 bits per heavy atom. The minimum atomic E-state index is -5.08. The normalized spacial score (nSPS) is 17.3. The van der Waals surface area contributed by atoms with Gasteiger partial charge in [-0.05, 0) is 24.8 Å². The first-order valence-electron chi connectivity index (χ1n) is 8.36. The van der Waals surface area contributed by atoms with Crippen LogP contribution in [0.15, 0.2) is 24.7 Å². The molecular formula is C16H20F3N5O2. The molecule has 0 spiro atoms. The molecule has 0 unspecified atom stereocenters. The number of carboxylic acids is 1. The molecular weight excluding hydrogens is 351 g/mol. The van der Waals surface area contributed by atoms with Gasteiger partial charge in [0.15, 0.2) is 0 Å². The number of rotatable bonds is 4. The lowest BCUT2D eigenvalue weighted by atomic mass is 10.3. The number of halogens is 3. The zero-order valence-electron chi connectivity index (χ0n) is 14.1. The lowest BCUT2D eigenvalue weighted by Gasteiger charge is -2.27. The third kappa shape index (κ3) is 5.07. The molecule has 0 amide bonds. The number of imidazole rings is 1. The van der Waals surface area contributed by atoms with Gasteiger partial charge in [0, 0.05) is 38.2 Å². The quantitative estimate of drug-likeness (QED) is 0.890. The van der Waals surface area contributed by atoms with Gasteiger partial charge in [0.1, 0.15) is 5.82 Å². The van der Waals surface area contributed by atoms with Crippen LogP contribution >= 0.6 is 0 Å². The highest BCUT2D eigenvalue weighted by Crippen LogP contribution is 2.30. The molecule has 0 aromatic carbocycles. The summed E-state index contributed by atoms with van der Waals surface area (Å²) in [5.74, 6) is -0.577. The second-order valence-corrected chi connectivity index (χ2v) is 6.53. The highest BCUT2D eigenvalue weighted by atomic mass is 19.4. The number of aliphatic carboxylic acids is 1. The second kappa shape index (κ2) is 7.48. The van der Waals surface area contributed by atoms with Gasteiger partial charge in [-0.1, -0.05) is 0 Å². The fraction of sp³-hybridized carbons (Fsp3) is 0.562. The predicted octanol–water partition coefficient (Wildman–Crippen LogP) is 1.99. The molecule has 1 saturated carbocycles. The number of aromatic nitrogens is 4. The number of hydrogen-bond donors (Lipinski definition) is 1. The van der Waals surface area contributed by atoms with Crippen molar-refractivity contribution in [1.82, 2.24) is 24.2 Å². The molecule has 26 heavy (non-hydrogen) atoms. The van der Waals surface area contributed by atoms with E-state index in [0.29, 0.717) is 0 Å². The molecule has 3 heterocycles. The van der Waals surface area contributed by atoms with Gasteiger partial charge in [-0.25, -0.2) is 9.78 Å². The predicted molar refractivity (Wildman–Crippen MR) is 85.2 cm³/mol. The molecule has 0 atom stereocenters. The molecule has 1 aliphatic carbocycles. The van der Waals surface area contributed by atoms with Crippen molar-refractivity contribution in [2.75, 3.05) is 13.1 Å². The molecule has 2 aromatic rings. The first-order chi connectivity index (χ1) is 12.3. The van der Waals surface area contributed by atoms with Crippen LogP contribution in [-0.2, 0) is 24.4 Å². The van der Waals surface area contributed by atoms with E-state index in [9.17, 15) is 13.2 Å². The minimum Gasteiger partial charge on any atom is -0.475 e. The maximum Gasteiger partial charge on any atom is 0.490 e. The molecule has 1 N–H and O–H groups in total. The van der Waals surface area contributed by atoms with Crippen molar-refractivity contribution in [2.45, 2.75) is 38.7 Å². The average molecular weight is 371 g/mol. The summed E-state index contributed by atoms with van der Waals surface area (Å²) in [4.78, 5) is 16.2. The minimum absolute atomic E-state index is 0.773. The van der Waals surface area contributed by atoms with Crippen molar-refractivity contribution in [1.29, 1.82) is 0 Å². The number of nitrogens with zero attached hydrogens (tertiary/aromatic N) is 5. The molecule has 1 fully saturated rings. The Kier molecular flexibility index (Phi) is 5.30. The van der Waals surface area contributed by atoms with Gasteiger partial charge in [0.25, 0.3) is 0 Å². The van der Waals surface area contributed by atoms with Gasteiger partial charge in [-0.3, -0.25) is 9.58 Å². The Bertz CT molecular complexity index is 738. The Morgan fingerprint density at radius 2 is 2.04 bits per heavy atom. The van der Waals surface area contributed by atoms with Gasteiger partial charge in [0.2, 0.25) is 0 Å². The van der Waals surface area contributed by atoms with Crippen molar-refractivity contribution in [3.63, 3.8) is 0 Å². The highest BCUT2D eigenvalue weighted by molar-refractivity contribution is 5.73. The Balaban J connectivity index is 0.000000242. The van der Waals surface area contributed by atoms with Gasteiger partial charge >= 0.3 is 12.1 Å². The molecule has 0 saturated heterocycles. The summed E-state index contributed by atoms with van der Waals surface area (Å²) < 4.78 is 36.0. The van der Waals surface area contributed by atoms with E-state index in [4.69, 9.17) is 14.9 Å². The summed E-state index contributed by atoms with van der Waals surface area (Å²) in [5.41, 5.74) is 1.12. The third-order valence-corrected chi connectivity index (χ3v) is 4.27. The SMILES string of the molecule is O=C(O)C(F)(F)F.c1cnn(Cc2cn3c(n2)CN(CC2CC2)CC3)c1. The summed E-state index contributed by atoms with van der Waals surface area (Å²) in [5, 5.41) is 11.4. The summed E-state index contributed by atoms with van der Waals surface area (Å²) in [6.45, 7) is 5.29. The number of carbonyl (C=O) groups is 1. The molecule has 7 nitrogen and oxygen atoms in total. The van der Waals surface area contributed by atoms with Gasteiger partial charge in [-0.15, -0.1) is 0 Å². The molecule has 2 aromatic heterocycles. The largest absolute Gasteiger partial charge is 0.490 e. The lowest BCUT2D eigenvalue weighted by molar-refractivity contribution is -0.192. The first kappa shape index (κ1) is 18.4. The van der Waals surface area contributed by atoms with E-state index in [1.807, 2.05) is 23.1 Å². The summed E-state index contributed by atoms with van der Waals surface area (Å²) in [6, 6.07) is 1.95. The molecule has 10 heteroatoms.